The van der Waals surface area contributed by atoms with Crippen LogP contribution < -0.4 is 10.1 Å². The molecule has 0 unspecified atom stereocenters. The summed E-state index contributed by atoms with van der Waals surface area (Å²) in [6.07, 6.45) is 2.09. The first-order valence-corrected chi connectivity index (χ1v) is 12.4. The highest BCUT2D eigenvalue weighted by molar-refractivity contribution is 6.06. The van der Waals surface area contributed by atoms with Crippen LogP contribution in [0, 0.1) is 6.92 Å². The van der Waals surface area contributed by atoms with Crippen LogP contribution >= 0.6 is 0 Å². The summed E-state index contributed by atoms with van der Waals surface area (Å²) in [6, 6.07) is 20.4. The van der Waals surface area contributed by atoms with Gasteiger partial charge >= 0.3 is 5.97 Å². The molecule has 0 aliphatic carbocycles. The zero-order valence-corrected chi connectivity index (χ0v) is 21.5. The van der Waals surface area contributed by atoms with Gasteiger partial charge in [-0.1, -0.05) is 30.3 Å². The van der Waals surface area contributed by atoms with Crippen LogP contribution in [0.3, 0.4) is 0 Å². The van der Waals surface area contributed by atoms with E-state index in [0.717, 1.165) is 29.7 Å². The van der Waals surface area contributed by atoms with Crippen LogP contribution in [-0.4, -0.2) is 50.0 Å². The molecule has 0 radical (unpaired) electrons. The molecule has 0 atom stereocenters. The van der Waals surface area contributed by atoms with E-state index in [-0.39, 0.29) is 17.8 Å². The maximum absolute atomic E-state index is 12.8. The van der Waals surface area contributed by atoms with Gasteiger partial charge in [0.1, 0.15) is 5.75 Å². The molecule has 3 aromatic carbocycles. The molecule has 3 aromatic rings. The fourth-order valence-electron chi connectivity index (χ4n) is 4.65. The Labute approximate surface area is 217 Å². The summed E-state index contributed by atoms with van der Waals surface area (Å²) in [5, 5.41) is 2.94. The zero-order valence-electron chi connectivity index (χ0n) is 21.5. The number of hydrogen-bond acceptors (Lipinski definition) is 5. The summed E-state index contributed by atoms with van der Waals surface area (Å²) in [6.45, 7) is 3.36. The Morgan fingerprint density at radius 1 is 0.919 bits per heavy atom. The maximum atomic E-state index is 12.8. The van der Waals surface area contributed by atoms with Crippen LogP contribution in [0.25, 0.3) is 0 Å². The van der Waals surface area contributed by atoms with Crippen LogP contribution in [0.4, 0.5) is 5.69 Å². The third-order valence-corrected chi connectivity index (χ3v) is 6.82. The molecule has 192 valence electrons. The van der Waals surface area contributed by atoms with Gasteiger partial charge in [0.2, 0.25) is 5.91 Å². The van der Waals surface area contributed by atoms with E-state index >= 15 is 0 Å². The molecule has 2 amide bonds. The van der Waals surface area contributed by atoms with Crippen molar-refractivity contribution in [3.05, 3.63) is 94.5 Å². The number of piperidine rings is 1. The van der Waals surface area contributed by atoms with Crippen molar-refractivity contribution in [3.63, 3.8) is 0 Å². The van der Waals surface area contributed by atoms with Gasteiger partial charge in [0.05, 0.1) is 31.8 Å². The molecule has 0 bridgehead atoms. The van der Waals surface area contributed by atoms with Crippen molar-refractivity contribution in [2.45, 2.75) is 32.1 Å². The molecular formula is C30H32N2O5. The van der Waals surface area contributed by atoms with Gasteiger partial charge in [-0.3, -0.25) is 9.59 Å². The fourth-order valence-corrected chi connectivity index (χ4v) is 4.65. The Morgan fingerprint density at radius 3 is 2.22 bits per heavy atom. The van der Waals surface area contributed by atoms with E-state index in [0.29, 0.717) is 42.3 Å². The molecule has 0 aromatic heterocycles. The number of amides is 2. The lowest BCUT2D eigenvalue weighted by Gasteiger charge is -2.32. The number of ether oxygens (including phenoxy) is 2. The zero-order chi connectivity index (χ0) is 26.4. The van der Waals surface area contributed by atoms with Crippen molar-refractivity contribution < 1.29 is 23.9 Å². The predicted octanol–water partition coefficient (Wildman–Crippen LogP) is 4.99. The highest BCUT2D eigenvalue weighted by atomic mass is 16.5. The summed E-state index contributed by atoms with van der Waals surface area (Å²) in [4.78, 5) is 39.0. The first-order valence-electron chi connectivity index (χ1n) is 12.4. The van der Waals surface area contributed by atoms with Crippen molar-refractivity contribution in [1.29, 1.82) is 0 Å². The number of likely N-dealkylation sites (tertiary alicyclic amines) is 1. The number of nitrogens with zero attached hydrogens (tertiary/aromatic N) is 1. The van der Waals surface area contributed by atoms with E-state index in [1.165, 1.54) is 12.7 Å². The quantitative estimate of drug-likeness (QED) is 0.462. The predicted molar refractivity (Wildman–Crippen MR) is 142 cm³/mol. The highest BCUT2D eigenvalue weighted by Gasteiger charge is 2.24. The standard InChI is InChI=1S/C30H32N2O5/c1-20-4-13-26(27(18-20)36-2)29(34)31-25-11-9-22(10-12-25)23-14-16-32(17-15-23)28(33)19-21-5-7-24(8-6-21)30(35)37-3/h4-13,18,23H,14-17,19H2,1-3H3,(H,31,34). The Bertz CT molecular complexity index is 1260. The minimum absolute atomic E-state index is 0.0915. The molecule has 37 heavy (non-hydrogen) atoms. The van der Waals surface area contributed by atoms with E-state index in [4.69, 9.17) is 9.47 Å². The van der Waals surface area contributed by atoms with Gasteiger partial charge in [-0.2, -0.15) is 0 Å². The smallest absolute Gasteiger partial charge is 0.337 e. The largest absolute Gasteiger partial charge is 0.496 e. The number of carbonyl (C=O) groups excluding carboxylic acids is 3. The second kappa shape index (κ2) is 11.7. The first kappa shape index (κ1) is 25.9. The molecule has 1 saturated heterocycles. The number of benzene rings is 3. The molecule has 1 aliphatic rings. The van der Waals surface area contributed by atoms with Crippen LogP contribution in [0.15, 0.2) is 66.7 Å². The van der Waals surface area contributed by atoms with E-state index in [1.807, 2.05) is 48.2 Å². The molecule has 0 saturated carbocycles. The number of esters is 1. The summed E-state index contributed by atoms with van der Waals surface area (Å²) < 4.78 is 10.1. The van der Waals surface area contributed by atoms with E-state index < -0.39 is 0 Å². The molecule has 1 fully saturated rings. The lowest BCUT2D eigenvalue weighted by Crippen LogP contribution is -2.38. The topological polar surface area (TPSA) is 84.9 Å². The number of methoxy groups -OCH3 is 2. The van der Waals surface area contributed by atoms with Gasteiger partial charge in [0.15, 0.2) is 0 Å². The van der Waals surface area contributed by atoms with Crippen LogP contribution in [0.2, 0.25) is 0 Å². The third kappa shape index (κ3) is 6.36. The summed E-state index contributed by atoms with van der Waals surface area (Å²) in [5.41, 5.74) is 4.80. The molecule has 7 nitrogen and oxygen atoms in total. The van der Waals surface area contributed by atoms with E-state index in [1.54, 1.807) is 37.4 Å². The Balaban J connectivity index is 1.29. The van der Waals surface area contributed by atoms with Crippen molar-refractivity contribution in [2.24, 2.45) is 0 Å². The molecule has 7 heteroatoms. The average Bonchev–Trinajstić information content (AvgIpc) is 2.93. The number of aryl methyl sites for hydroxylation is 1. The number of rotatable bonds is 7. The van der Waals surface area contributed by atoms with Gasteiger partial charge in [-0.15, -0.1) is 0 Å². The minimum Gasteiger partial charge on any atom is -0.496 e. The van der Waals surface area contributed by atoms with E-state index in [2.05, 4.69) is 5.32 Å². The van der Waals surface area contributed by atoms with Gasteiger partial charge in [-0.05, 0) is 78.8 Å². The number of carbonyl (C=O) groups is 3. The molecule has 4 rings (SSSR count). The van der Waals surface area contributed by atoms with Crippen molar-refractivity contribution >= 4 is 23.5 Å². The second-order valence-corrected chi connectivity index (χ2v) is 9.30. The summed E-state index contributed by atoms with van der Waals surface area (Å²) in [7, 11) is 2.91. The van der Waals surface area contributed by atoms with Crippen molar-refractivity contribution in [3.8, 4) is 5.75 Å². The molecular weight excluding hydrogens is 468 g/mol. The average molecular weight is 501 g/mol. The van der Waals surface area contributed by atoms with Crippen LogP contribution in [-0.2, 0) is 16.0 Å². The van der Waals surface area contributed by atoms with E-state index in [9.17, 15) is 14.4 Å². The molecule has 1 N–H and O–H groups in total. The summed E-state index contributed by atoms with van der Waals surface area (Å²) in [5.74, 6) is 0.408. The van der Waals surface area contributed by atoms with Gasteiger partial charge in [-0.25, -0.2) is 4.79 Å². The Kier molecular flexibility index (Phi) is 8.23. The van der Waals surface area contributed by atoms with Gasteiger partial charge < -0.3 is 19.7 Å². The second-order valence-electron chi connectivity index (χ2n) is 9.30. The fraction of sp³-hybridized carbons (Fsp3) is 0.300. The van der Waals surface area contributed by atoms with Crippen LogP contribution in [0.5, 0.6) is 5.75 Å². The lowest BCUT2D eigenvalue weighted by molar-refractivity contribution is -0.131. The van der Waals surface area contributed by atoms with Crippen LogP contribution in [0.1, 0.15) is 56.2 Å². The Morgan fingerprint density at radius 2 is 1.59 bits per heavy atom. The SMILES string of the molecule is COC(=O)c1ccc(CC(=O)N2CCC(c3ccc(NC(=O)c4ccc(C)cc4OC)cc3)CC2)cc1. The monoisotopic (exact) mass is 500 g/mol. The number of hydrogen-bond donors (Lipinski definition) is 1. The molecule has 1 heterocycles. The third-order valence-electron chi connectivity index (χ3n) is 6.82. The van der Waals surface area contributed by atoms with Crippen molar-refractivity contribution in [2.75, 3.05) is 32.6 Å². The lowest BCUT2D eigenvalue weighted by atomic mass is 9.89. The first-order chi connectivity index (χ1) is 17.9. The maximum Gasteiger partial charge on any atom is 0.337 e. The highest BCUT2D eigenvalue weighted by Crippen LogP contribution is 2.29. The van der Waals surface area contributed by atoms with Gasteiger partial charge in [0.25, 0.3) is 5.91 Å². The van der Waals surface area contributed by atoms with Gasteiger partial charge in [0, 0.05) is 18.8 Å². The minimum atomic E-state index is -0.387. The molecule has 1 aliphatic heterocycles. The molecule has 0 spiro atoms. The summed E-state index contributed by atoms with van der Waals surface area (Å²) >= 11 is 0. The number of nitrogens with one attached hydrogen (secondary N) is 1. The normalized spacial score (nSPS) is 13.6. The Hall–Kier alpha value is -4.13. The van der Waals surface area contributed by atoms with Crippen molar-refractivity contribution in [1.82, 2.24) is 4.90 Å². The number of anilines is 1.